The summed E-state index contributed by atoms with van der Waals surface area (Å²) in [5, 5.41) is 13.5. The van der Waals surface area contributed by atoms with E-state index >= 15 is 0 Å². The first-order valence-corrected chi connectivity index (χ1v) is 8.23. The van der Waals surface area contributed by atoms with E-state index in [0.717, 1.165) is 18.4 Å². The number of aromatic nitrogens is 2. The van der Waals surface area contributed by atoms with E-state index in [0.29, 0.717) is 11.7 Å². The lowest BCUT2D eigenvalue weighted by Gasteiger charge is -2.20. The first kappa shape index (κ1) is 16.2. The summed E-state index contributed by atoms with van der Waals surface area (Å²) in [6.07, 6.45) is 6.36. The van der Waals surface area contributed by atoms with Crippen LogP contribution in [0.5, 0.6) is 0 Å². The van der Waals surface area contributed by atoms with E-state index in [1.165, 1.54) is 17.7 Å². The molecule has 6 nitrogen and oxygen atoms in total. The van der Waals surface area contributed by atoms with Crippen LogP contribution in [0.3, 0.4) is 0 Å². The topological polar surface area (TPSA) is 75.4 Å². The van der Waals surface area contributed by atoms with Crippen molar-refractivity contribution in [3.8, 4) is 0 Å². The number of carbonyl (C=O) groups excluding carboxylic acids is 1. The summed E-state index contributed by atoms with van der Waals surface area (Å²) in [4.78, 5) is 25.1. The average molecular weight is 327 g/mol. The lowest BCUT2D eigenvalue weighted by atomic mass is 10.2. The zero-order chi connectivity index (χ0) is 16.9. The van der Waals surface area contributed by atoms with Crippen LogP contribution in [-0.2, 0) is 11.3 Å². The van der Waals surface area contributed by atoms with Crippen molar-refractivity contribution in [3.05, 3.63) is 53.9 Å². The van der Waals surface area contributed by atoms with Crippen molar-refractivity contribution in [2.24, 2.45) is 0 Å². The molecule has 0 bridgehead atoms. The first-order valence-electron chi connectivity index (χ1n) is 8.23. The minimum atomic E-state index is -1.03. The molecular formula is C18H21N3O3. The van der Waals surface area contributed by atoms with Gasteiger partial charge in [0.2, 0.25) is 0 Å². The maximum atomic E-state index is 12.7. The van der Waals surface area contributed by atoms with Gasteiger partial charge in [-0.15, -0.1) is 0 Å². The van der Waals surface area contributed by atoms with Crippen LogP contribution < -0.4 is 0 Å². The van der Waals surface area contributed by atoms with Gasteiger partial charge in [0.15, 0.2) is 0 Å². The molecule has 1 aliphatic rings. The van der Waals surface area contributed by atoms with Gasteiger partial charge in [-0.1, -0.05) is 43.2 Å². The van der Waals surface area contributed by atoms with Crippen LogP contribution in [-0.4, -0.2) is 38.2 Å². The van der Waals surface area contributed by atoms with Crippen molar-refractivity contribution in [2.45, 2.75) is 38.3 Å². The molecule has 1 fully saturated rings. The lowest BCUT2D eigenvalue weighted by Crippen LogP contribution is -2.35. The van der Waals surface area contributed by atoms with Crippen LogP contribution in [0.25, 0.3) is 0 Å². The van der Waals surface area contributed by atoms with Crippen LogP contribution in [0, 0.1) is 0 Å². The molecule has 0 spiro atoms. The number of carbonyl (C=O) groups is 2. The molecule has 0 aliphatic heterocycles. The van der Waals surface area contributed by atoms with E-state index in [2.05, 4.69) is 5.10 Å². The van der Waals surface area contributed by atoms with Gasteiger partial charge in [0.05, 0.1) is 6.04 Å². The minimum absolute atomic E-state index is 0.252. The van der Waals surface area contributed by atoms with Gasteiger partial charge < -0.3 is 10.0 Å². The number of carboxylic acid groups (broad SMARTS) is 1. The summed E-state index contributed by atoms with van der Waals surface area (Å²) in [5.74, 6) is -1.38. The van der Waals surface area contributed by atoms with Crippen LogP contribution >= 0.6 is 0 Å². The van der Waals surface area contributed by atoms with E-state index in [1.807, 2.05) is 41.2 Å². The van der Waals surface area contributed by atoms with Gasteiger partial charge in [0.1, 0.15) is 12.2 Å². The van der Waals surface area contributed by atoms with Gasteiger partial charge in [-0.05, 0) is 24.5 Å². The van der Waals surface area contributed by atoms with Crippen molar-refractivity contribution in [3.63, 3.8) is 0 Å². The standard InChI is InChI=1S/C18H21N3O3/c22-17(23)13-20(12-14-6-2-1-3-7-14)18(24)16-10-11-21(19-16)15-8-4-5-9-15/h1-3,6-7,10-11,15H,4-5,8-9,12-13H2,(H,22,23). The highest BCUT2D eigenvalue weighted by Crippen LogP contribution is 2.28. The summed E-state index contributed by atoms with van der Waals surface area (Å²) < 4.78 is 1.85. The fourth-order valence-electron chi connectivity index (χ4n) is 3.15. The Morgan fingerprint density at radius 3 is 2.54 bits per heavy atom. The molecule has 1 amide bonds. The van der Waals surface area contributed by atoms with Crippen LogP contribution in [0.1, 0.15) is 47.8 Å². The third-order valence-corrected chi connectivity index (χ3v) is 4.36. The highest BCUT2D eigenvalue weighted by atomic mass is 16.4. The van der Waals surface area contributed by atoms with Gasteiger partial charge in [0.25, 0.3) is 5.91 Å². The SMILES string of the molecule is O=C(O)CN(Cc1ccccc1)C(=O)c1ccn(C2CCCC2)n1. The second-order valence-corrected chi connectivity index (χ2v) is 6.16. The second-order valence-electron chi connectivity index (χ2n) is 6.16. The largest absolute Gasteiger partial charge is 0.480 e. The maximum absolute atomic E-state index is 12.7. The van der Waals surface area contributed by atoms with Crippen LogP contribution in [0.15, 0.2) is 42.6 Å². The normalized spacial score (nSPS) is 14.7. The molecule has 0 radical (unpaired) electrons. The number of benzene rings is 1. The monoisotopic (exact) mass is 327 g/mol. The summed E-state index contributed by atoms with van der Waals surface area (Å²) in [7, 11) is 0. The molecule has 1 N–H and O–H groups in total. The molecule has 1 saturated carbocycles. The Kier molecular flexibility index (Phi) is 4.93. The molecule has 24 heavy (non-hydrogen) atoms. The third kappa shape index (κ3) is 3.82. The van der Waals surface area contributed by atoms with Gasteiger partial charge in [0, 0.05) is 12.7 Å². The molecule has 2 aromatic rings. The van der Waals surface area contributed by atoms with Gasteiger partial charge >= 0.3 is 5.97 Å². The highest BCUT2D eigenvalue weighted by molar-refractivity contribution is 5.94. The number of amides is 1. The van der Waals surface area contributed by atoms with E-state index < -0.39 is 5.97 Å². The van der Waals surface area contributed by atoms with Crippen molar-refractivity contribution in [1.29, 1.82) is 0 Å². The Bertz CT molecular complexity index is 705. The number of aliphatic carboxylic acids is 1. The zero-order valence-corrected chi connectivity index (χ0v) is 13.5. The highest BCUT2D eigenvalue weighted by Gasteiger charge is 2.23. The molecule has 0 unspecified atom stereocenters. The van der Waals surface area contributed by atoms with Crippen molar-refractivity contribution in [2.75, 3.05) is 6.54 Å². The fourth-order valence-corrected chi connectivity index (χ4v) is 3.15. The van der Waals surface area contributed by atoms with Gasteiger partial charge in [-0.3, -0.25) is 14.3 Å². The predicted octanol–water partition coefficient (Wildman–Crippen LogP) is 2.73. The Morgan fingerprint density at radius 1 is 1.17 bits per heavy atom. The molecule has 1 aromatic carbocycles. The second kappa shape index (κ2) is 7.29. The molecule has 1 aliphatic carbocycles. The van der Waals surface area contributed by atoms with Gasteiger partial charge in [-0.2, -0.15) is 5.10 Å². The van der Waals surface area contributed by atoms with E-state index in [9.17, 15) is 9.59 Å². The van der Waals surface area contributed by atoms with Crippen molar-refractivity contribution >= 4 is 11.9 Å². The van der Waals surface area contributed by atoms with E-state index in [-0.39, 0.29) is 19.0 Å². The van der Waals surface area contributed by atoms with Crippen LogP contribution in [0.4, 0.5) is 0 Å². The molecule has 6 heteroatoms. The first-order chi connectivity index (χ1) is 11.6. The lowest BCUT2D eigenvalue weighted by molar-refractivity contribution is -0.137. The fraction of sp³-hybridized carbons (Fsp3) is 0.389. The number of rotatable bonds is 6. The number of carboxylic acids is 1. The Morgan fingerprint density at radius 2 is 1.88 bits per heavy atom. The summed E-state index contributed by atoms with van der Waals surface area (Å²) >= 11 is 0. The Balaban J connectivity index is 1.76. The van der Waals surface area contributed by atoms with Crippen molar-refractivity contribution < 1.29 is 14.7 Å². The summed E-state index contributed by atoms with van der Waals surface area (Å²) in [5.41, 5.74) is 1.20. The molecule has 3 rings (SSSR count). The molecule has 1 heterocycles. The number of hydrogen-bond acceptors (Lipinski definition) is 3. The molecule has 0 atom stereocenters. The summed E-state index contributed by atoms with van der Waals surface area (Å²) in [6.45, 7) is -0.0910. The van der Waals surface area contributed by atoms with Gasteiger partial charge in [-0.25, -0.2) is 0 Å². The molecule has 0 saturated heterocycles. The summed E-state index contributed by atoms with van der Waals surface area (Å²) in [6, 6.07) is 11.4. The number of hydrogen-bond donors (Lipinski definition) is 1. The average Bonchev–Trinajstić information content (AvgIpc) is 3.25. The van der Waals surface area contributed by atoms with E-state index in [1.54, 1.807) is 6.07 Å². The zero-order valence-electron chi connectivity index (χ0n) is 13.5. The molecular weight excluding hydrogens is 306 g/mol. The number of nitrogens with zero attached hydrogens (tertiary/aromatic N) is 3. The predicted molar refractivity (Wildman–Crippen MR) is 88.6 cm³/mol. The Labute approximate surface area is 140 Å². The van der Waals surface area contributed by atoms with E-state index in [4.69, 9.17) is 5.11 Å². The van der Waals surface area contributed by atoms with Crippen molar-refractivity contribution in [1.82, 2.24) is 14.7 Å². The maximum Gasteiger partial charge on any atom is 0.323 e. The van der Waals surface area contributed by atoms with Crippen LogP contribution in [0.2, 0.25) is 0 Å². The molecule has 126 valence electrons. The minimum Gasteiger partial charge on any atom is -0.480 e. The third-order valence-electron chi connectivity index (χ3n) is 4.36. The quantitative estimate of drug-likeness (QED) is 0.885. The molecule has 1 aromatic heterocycles. The smallest absolute Gasteiger partial charge is 0.323 e. The Hall–Kier alpha value is -2.63.